The third-order valence-electron chi connectivity index (χ3n) is 7.39. The topological polar surface area (TPSA) is 44.8 Å². The van der Waals surface area contributed by atoms with Gasteiger partial charge in [0.15, 0.2) is 0 Å². The predicted molar refractivity (Wildman–Crippen MR) is 174 cm³/mol. The number of hydrogen-bond acceptors (Lipinski definition) is 4. The number of carbonyl (C=O) groups excluding carboxylic acids is 1. The average molecular weight is 626 g/mol. The molecule has 0 saturated heterocycles. The van der Waals surface area contributed by atoms with Gasteiger partial charge in [0.2, 0.25) is 0 Å². The maximum Gasteiger partial charge on any atom is 0.306 e. The molecule has 0 unspecified atom stereocenters. The molecule has 0 fully saturated rings. The first-order valence-electron chi connectivity index (χ1n) is 16.8. The van der Waals surface area contributed by atoms with E-state index in [0.29, 0.717) is 19.6 Å². The molecule has 232 valence electrons. The number of hydrogen-bond donors (Lipinski definition) is 0. The minimum absolute atomic E-state index is 0.163. The van der Waals surface area contributed by atoms with Gasteiger partial charge in [-0.1, -0.05) is 145 Å². The number of alkyl halides is 1. The summed E-state index contributed by atoms with van der Waals surface area (Å²) in [5, 5.41) is 0.807. The zero-order valence-electron chi connectivity index (χ0n) is 26.1. The minimum atomic E-state index is -0.163. The summed E-state index contributed by atoms with van der Waals surface area (Å²) in [5.74, 6) is 1.45. The Balaban J connectivity index is 2.36. The van der Waals surface area contributed by atoms with E-state index in [1.54, 1.807) is 0 Å². The highest BCUT2D eigenvalue weighted by Crippen LogP contribution is 2.25. The van der Waals surface area contributed by atoms with E-state index in [4.69, 9.17) is 14.2 Å². The van der Waals surface area contributed by atoms with Crippen LogP contribution in [-0.4, -0.2) is 24.5 Å². The first-order valence-corrected chi connectivity index (χ1v) is 17.9. The van der Waals surface area contributed by atoms with Crippen molar-refractivity contribution < 1.29 is 19.0 Å². The maximum atomic E-state index is 12.0. The highest BCUT2D eigenvalue weighted by Gasteiger charge is 2.08. The van der Waals surface area contributed by atoms with Crippen molar-refractivity contribution in [2.75, 3.05) is 18.5 Å². The molecule has 0 aliphatic rings. The molecule has 0 amide bonds. The highest BCUT2D eigenvalue weighted by molar-refractivity contribution is 9.09. The molecule has 0 heterocycles. The minimum Gasteiger partial charge on any atom is -0.493 e. The van der Waals surface area contributed by atoms with E-state index < -0.39 is 0 Å². The standard InChI is InChI=1S/C35H61BrO4/c1-3-5-7-9-11-13-14-16-18-20-22-27-39-34-29-32(31-40-35(37)24-23-25-36)28-33(30-34)38-26-21-19-17-15-12-10-8-6-4-2/h28-30H,3-27,31H2,1-2H3. The van der Waals surface area contributed by atoms with Crippen LogP contribution in [0.3, 0.4) is 0 Å². The molecule has 40 heavy (non-hydrogen) atoms. The van der Waals surface area contributed by atoms with Crippen LogP contribution in [0, 0.1) is 0 Å². The highest BCUT2D eigenvalue weighted by atomic mass is 79.9. The van der Waals surface area contributed by atoms with Crippen molar-refractivity contribution in [3.05, 3.63) is 23.8 Å². The Morgan fingerprint density at radius 3 is 1.38 bits per heavy atom. The molecule has 0 aliphatic heterocycles. The molecule has 0 aromatic heterocycles. The van der Waals surface area contributed by atoms with E-state index in [-0.39, 0.29) is 12.6 Å². The molecular formula is C35H61BrO4. The summed E-state index contributed by atoms with van der Waals surface area (Å²) in [7, 11) is 0. The van der Waals surface area contributed by atoms with E-state index in [0.717, 1.165) is 41.7 Å². The molecule has 1 aromatic rings. The summed E-state index contributed by atoms with van der Waals surface area (Å²) in [6.07, 6.45) is 27.5. The first-order chi connectivity index (χ1) is 19.7. The molecule has 1 rings (SSSR count). The van der Waals surface area contributed by atoms with Gasteiger partial charge >= 0.3 is 5.97 Å². The summed E-state index contributed by atoms with van der Waals surface area (Å²) < 4.78 is 17.7. The largest absolute Gasteiger partial charge is 0.493 e. The van der Waals surface area contributed by atoms with E-state index in [1.807, 2.05) is 18.2 Å². The second-order valence-electron chi connectivity index (χ2n) is 11.3. The molecule has 4 nitrogen and oxygen atoms in total. The molecule has 0 N–H and O–H groups in total. The molecule has 0 radical (unpaired) electrons. The van der Waals surface area contributed by atoms with Crippen molar-refractivity contribution in [3.63, 3.8) is 0 Å². The van der Waals surface area contributed by atoms with Crippen molar-refractivity contribution in [2.24, 2.45) is 0 Å². The lowest BCUT2D eigenvalue weighted by atomic mass is 10.1. The first kappa shape index (κ1) is 36.8. The van der Waals surface area contributed by atoms with Crippen LogP contribution in [-0.2, 0) is 16.1 Å². The van der Waals surface area contributed by atoms with Gasteiger partial charge in [-0.15, -0.1) is 0 Å². The molecule has 0 saturated carbocycles. The number of rotatable bonds is 29. The average Bonchev–Trinajstić information content (AvgIpc) is 2.96. The molecule has 0 bridgehead atoms. The Hall–Kier alpha value is -1.23. The summed E-state index contributed by atoms with van der Waals surface area (Å²) in [4.78, 5) is 12.0. The van der Waals surface area contributed by atoms with E-state index >= 15 is 0 Å². The zero-order valence-corrected chi connectivity index (χ0v) is 27.7. The lowest BCUT2D eigenvalue weighted by Crippen LogP contribution is -2.06. The van der Waals surface area contributed by atoms with Gasteiger partial charge in [-0.2, -0.15) is 0 Å². The molecule has 5 heteroatoms. The molecule has 0 aliphatic carbocycles. The van der Waals surface area contributed by atoms with E-state index in [9.17, 15) is 4.79 Å². The molecular weight excluding hydrogens is 564 g/mol. The lowest BCUT2D eigenvalue weighted by molar-refractivity contribution is -0.144. The molecule has 1 aromatic carbocycles. The van der Waals surface area contributed by atoms with Gasteiger partial charge in [-0.05, 0) is 37.0 Å². The number of ether oxygens (including phenoxy) is 3. The summed E-state index contributed by atoms with van der Waals surface area (Å²) in [6.45, 7) is 6.22. The normalized spacial score (nSPS) is 11.1. The number of benzene rings is 1. The van der Waals surface area contributed by atoms with Crippen molar-refractivity contribution in [3.8, 4) is 11.5 Å². The van der Waals surface area contributed by atoms with Crippen LogP contribution in [0.15, 0.2) is 18.2 Å². The Morgan fingerprint density at radius 2 is 0.975 bits per heavy atom. The monoisotopic (exact) mass is 624 g/mol. The number of halogens is 1. The van der Waals surface area contributed by atoms with Crippen molar-refractivity contribution >= 4 is 21.9 Å². The van der Waals surface area contributed by atoms with Crippen molar-refractivity contribution in [1.29, 1.82) is 0 Å². The fourth-order valence-corrected chi connectivity index (χ4v) is 5.17. The number of carbonyl (C=O) groups is 1. The second kappa shape index (κ2) is 27.9. The van der Waals surface area contributed by atoms with Crippen LogP contribution in [0.5, 0.6) is 11.5 Å². The molecule has 0 spiro atoms. The van der Waals surface area contributed by atoms with Crippen LogP contribution in [0.1, 0.15) is 161 Å². The summed E-state index contributed by atoms with van der Waals surface area (Å²) in [5.41, 5.74) is 0.922. The van der Waals surface area contributed by atoms with Crippen LogP contribution in [0.4, 0.5) is 0 Å². The summed E-state index contributed by atoms with van der Waals surface area (Å²) >= 11 is 3.37. The van der Waals surface area contributed by atoms with Crippen molar-refractivity contribution in [2.45, 2.75) is 162 Å². The van der Waals surface area contributed by atoms with Gasteiger partial charge in [0, 0.05) is 17.8 Å². The Kier molecular flexibility index (Phi) is 25.7. The third kappa shape index (κ3) is 22.5. The van der Waals surface area contributed by atoms with Gasteiger partial charge in [0.1, 0.15) is 18.1 Å². The van der Waals surface area contributed by atoms with Gasteiger partial charge in [0.25, 0.3) is 0 Å². The SMILES string of the molecule is CCCCCCCCCCCCCOc1cc(COC(=O)CCCBr)cc(OCCCCCCCCCCC)c1. The number of unbranched alkanes of at least 4 members (excludes halogenated alkanes) is 18. The summed E-state index contributed by atoms with van der Waals surface area (Å²) in [6, 6.07) is 5.96. The quantitative estimate of drug-likeness (QED) is 0.0505. The number of esters is 1. The van der Waals surface area contributed by atoms with Crippen molar-refractivity contribution in [1.82, 2.24) is 0 Å². The smallest absolute Gasteiger partial charge is 0.306 e. The van der Waals surface area contributed by atoms with Gasteiger partial charge < -0.3 is 14.2 Å². The third-order valence-corrected chi connectivity index (χ3v) is 7.95. The fourth-order valence-electron chi connectivity index (χ4n) is 4.89. The van der Waals surface area contributed by atoms with E-state index in [2.05, 4.69) is 29.8 Å². The van der Waals surface area contributed by atoms with Crippen LogP contribution in [0.2, 0.25) is 0 Å². The molecule has 0 atom stereocenters. The van der Waals surface area contributed by atoms with E-state index in [1.165, 1.54) is 116 Å². The van der Waals surface area contributed by atoms with Gasteiger partial charge in [-0.3, -0.25) is 4.79 Å². The lowest BCUT2D eigenvalue weighted by Gasteiger charge is -2.13. The Morgan fingerprint density at radius 1 is 0.575 bits per heavy atom. The van der Waals surface area contributed by atoms with Crippen LogP contribution < -0.4 is 9.47 Å². The van der Waals surface area contributed by atoms with Crippen LogP contribution in [0.25, 0.3) is 0 Å². The Bertz CT molecular complexity index is 709. The predicted octanol–water partition coefficient (Wildman–Crippen LogP) is 11.5. The fraction of sp³-hybridized carbons (Fsp3) is 0.800. The van der Waals surface area contributed by atoms with Gasteiger partial charge in [0.05, 0.1) is 13.2 Å². The zero-order chi connectivity index (χ0) is 28.9. The van der Waals surface area contributed by atoms with Gasteiger partial charge in [-0.25, -0.2) is 0 Å². The maximum absolute atomic E-state index is 12.0. The Labute approximate surface area is 255 Å². The second-order valence-corrected chi connectivity index (χ2v) is 12.1. The van der Waals surface area contributed by atoms with Crippen LogP contribution >= 0.6 is 15.9 Å².